The first-order valence-electron chi connectivity index (χ1n) is 7.66. The van der Waals surface area contributed by atoms with Gasteiger partial charge in [-0.25, -0.2) is 0 Å². The van der Waals surface area contributed by atoms with Gasteiger partial charge < -0.3 is 16.0 Å². The Balaban J connectivity index is 1.79. The van der Waals surface area contributed by atoms with Crippen LogP contribution in [0.25, 0.3) is 0 Å². The number of nitrogens with one attached hydrogen (secondary N) is 1. The van der Waals surface area contributed by atoms with Crippen LogP contribution in [0.2, 0.25) is 0 Å². The van der Waals surface area contributed by atoms with Crippen molar-refractivity contribution in [3.8, 4) is 0 Å². The van der Waals surface area contributed by atoms with E-state index in [2.05, 4.69) is 16.3 Å². The number of amides is 1. The molecule has 114 valence electrons. The van der Waals surface area contributed by atoms with Gasteiger partial charge in [-0.15, -0.1) is 0 Å². The van der Waals surface area contributed by atoms with E-state index in [0.717, 1.165) is 24.3 Å². The Morgan fingerprint density at radius 1 is 1.14 bits per heavy atom. The average molecular weight is 295 g/mol. The van der Waals surface area contributed by atoms with Crippen LogP contribution in [-0.2, 0) is 0 Å². The van der Waals surface area contributed by atoms with Gasteiger partial charge in [0.15, 0.2) is 0 Å². The smallest absolute Gasteiger partial charge is 0.256 e. The van der Waals surface area contributed by atoms with E-state index in [0.29, 0.717) is 11.3 Å². The minimum atomic E-state index is -0.122. The second-order valence-corrected chi connectivity index (χ2v) is 5.77. The summed E-state index contributed by atoms with van der Waals surface area (Å²) in [7, 11) is 0. The van der Waals surface area contributed by atoms with Gasteiger partial charge in [-0.1, -0.05) is 12.1 Å². The fraction of sp³-hybridized carbons (Fsp3) is 0.278. The predicted octanol–water partition coefficient (Wildman–Crippen LogP) is 3.43. The zero-order chi connectivity index (χ0) is 15.5. The summed E-state index contributed by atoms with van der Waals surface area (Å²) in [6.07, 6.45) is 2.47. The van der Waals surface area contributed by atoms with Crippen LogP contribution in [-0.4, -0.2) is 19.0 Å². The monoisotopic (exact) mass is 295 g/mol. The number of nitrogens with two attached hydrogens (primary N) is 1. The molecule has 3 rings (SSSR count). The van der Waals surface area contributed by atoms with E-state index in [-0.39, 0.29) is 5.91 Å². The molecule has 0 aromatic heterocycles. The lowest BCUT2D eigenvalue weighted by Crippen LogP contribution is -2.18. The molecule has 0 atom stereocenters. The maximum Gasteiger partial charge on any atom is 0.256 e. The quantitative estimate of drug-likeness (QED) is 0.853. The third-order valence-electron chi connectivity index (χ3n) is 4.08. The molecule has 4 nitrogen and oxygen atoms in total. The van der Waals surface area contributed by atoms with Gasteiger partial charge in [0.25, 0.3) is 5.91 Å². The second-order valence-electron chi connectivity index (χ2n) is 5.77. The van der Waals surface area contributed by atoms with Gasteiger partial charge in [0.1, 0.15) is 0 Å². The number of carbonyl (C=O) groups is 1. The number of rotatable bonds is 3. The molecular formula is C18H21N3O. The van der Waals surface area contributed by atoms with Crippen LogP contribution in [0.1, 0.15) is 28.8 Å². The minimum Gasteiger partial charge on any atom is -0.399 e. The number of nitrogen functional groups attached to an aromatic ring is 1. The van der Waals surface area contributed by atoms with E-state index in [9.17, 15) is 4.79 Å². The van der Waals surface area contributed by atoms with Gasteiger partial charge in [0.05, 0.1) is 0 Å². The lowest BCUT2D eigenvalue weighted by molar-refractivity contribution is 0.102. The maximum atomic E-state index is 12.4. The summed E-state index contributed by atoms with van der Waals surface area (Å²) in [6.45, 7) is 4.09. The molecule has 2 aromatic carbocycles. The summed E-state index contributed by atoms with van der Waals surface area (Å²) in [6, 6.07) is 13.4. The highest BCUT2D eigenvalue weighted by atomic mass is 16.1. The van der Waals surface area contributed by atoms with Gasteiger partial charge >= 0.3 is 0 Å². The first kappa shape index (κ1) is 14.4. The molecule has 1 aliphatic rings. The van der Waals surface area contributed by atoms with Gasteiger partial charge in [0.2, 0.25) is 0 Å². The molecule has 1 fully saturated rings. The lowest BCUT2D eigenvalue weighted by atomic mass is 10.1. The number of carbonyl (C=O) groups excluding carboxylic acids is 1. The number of hydrogen-bond donors (Lipinski definition) is 2. The summed E-state index contributed by atoms with van der Waals surface area (Å²) in [5.74, 6) is -0.122. The highest BCUT2D eigenvalue weighted by Gasteiger charge is 2.14. The van der Waals surface area contributed by atoms with E-state index >= 15 is 0 Å². The number of aryl methyl sites for hydroxylation is 1. The zero-order valence-corrected chi connectivity index (χ0v) is 12.8. The van der Waals surface area contributed by atoms with Crippen molar-refractivity contribution in [2.45, 2.75) is 19.8 Å². The standard InChI is InChI=1S/C18H21N3O/c1-13-7-8-14(19)11-17(13)18(22)20-15-5-4-6-16(12-15)21-9-2-3-10-21/h4-8,11-12H,2-3,9-10,19H2,1H3,(H,20,22). The Labute approximate surface area is 130 Å². The zero-order valence-electron chi connectivity index (χ0n) is 12.8. The number of hydrogen-bond acceptors (Lipinski definition) is 3. The summed E-state index contributed by atoms with van der Waals surface area (Å²) in [5, 5.41) is 2.97. The fourth-order valence-corrected chi connectivity index (χ4v) is 2.84. The Kier molecular flexibility index (Phi) is 4.00. The molecule has 0 spiro atoms. The highest BCUT2D eigenvalue weighted by molar-refractivity contribution is 6.06. The van der Waals surface area contributed by atoms with Crippen LogP contribution in [0.4, 0.5) is 17.1 Å². The number of nitrogens with zero attached hydrogens (tertiary/aromatic N) is 1. The molecule has 3 N–H and O–H groups in total. The van der Waals surface area contributed by atoms with Crippen LogP contribution in [0.15, 0.2) is 42.5 Å². The Bertz CT molecular complexity index is 690. The molecule has 2 aromatic rings. The highest BCUT2D eigenvalue weighted by Crippen LogP contribution is 2.24. The van der Waals surface area contributed by atoms with Gasteiger partial charge in [-0.3, -0.25) is 4.79 Å². The predicted molar refractivity (Wildman–Crippen MR) is 91.4 cm³/mol. The van der Waals surface area contributed by atoms with Crippen molar-refractivity contribution in [3.63, 3.8) is 0 Å². The molecule has 1 heterocycles. The molecule has 1 aliphatic heterocycles. The molecule has 0 bridgehead atoms. The summed E-state index contributed by atoms with van der Waals surface area (Å²) in [5.41, 5.74) is 9.90. The van der Waals surface area contributed by atoms with Crippen molar-refractivity contribution in [1.29, 1.82) is 0 Å². The number of benzene rings is 2. The van der Waals surface area contributed by atoms with Crippen molar-refractivity contribution < 1.29 is 4.79 Å². The van der Waals surface area contributed by atoms with Gasteiger partial charge in [-0.2, -0.15) is 0 Å². The van der Waals surface area contributed by atoms with E-state index < -0.39 is 0 Å². The molecule has 0 radical (unpaired) electrons. The Morgan fingerprint density at radius 2 is 1.91 bits per heavy atom. The third-order valence-corrected chi connectivity index (χ3v) is 4.08. The van der Waals surface area contributed by atoms with Crippen molar-refractivity contribution in [2.75, 3.05) is 29.0 Å². The summed E-state index contributed by atoms with van der Waals surface area (Å²) >= 11 is 0. The topological polar surface area (TPSA) is 58.4 Å². The van der Waals surface area contributed by atoms with Gasteiger partial charge in [-0.05, 0) is 55.7 Å². The lowest BCUT2D eigenvalue weighted by Gasteiger charge is -2.18. The normalized spacial score (nSPS) is 14.1. The molecule has 0 aliphatic carbocycles. The number of anilines is 3. The van der Waals surface area contributed by atoms with Crippen LogP contribution in [0.5, 0.6) is 0 Å². The summed E-state index contributed by atoms with van der Waals surface area (Å²) < 4.78 is 0. The third kappa shape index (κ3) is 3.06. The molecular weight excluding hydrogens is 274 g/mol. The van der Waals surface area contributed by atoms with Crippen LogP contribution >= 0.6 is 0 Å². The van der Waals surface area contributed by atoms with Crippen LogP contribution in [0.3, 0.4) is 0 Å². The first-order valence-corrected chi connectivity index (χ1v) is 7.66. The van der Waals surface area contributed by atoms with Crippen LogP contribution < -0.4 is 16.0 Å². The SMILES string of the molecule is Cc1ccc(N)cc1C(=O)Nc1cccc(N2CCCC2)c1. The maximum absolute atomic E-state index is 12.4. The Morgan fingerprint density at radius 3 is 2.68 bits per heavy atom. The molecule has 0 saturated carbocycles. The molecule has 4 heteroatoms. The largest absolute Gasteiger partial charge is 0.399 e. The van der Waals surface area contributed by atoms with E-state index in [1.165, 1.54) is 18.5 Å². The van der Waals surface area contributed by atoms with E-state index in [4.69, 9.17) is 5.73 Å². The average Bonchev–Trinajstić information content (AvgIpc) is 3.04. The van der Waals surface area contributed by atoms with E-state index in [1.807, 2.05) is 31.2 Å². The second kappa shape index (κ2) is 6.10. The van der Waals surface area contributed by atoms with Crippen molar-refractivity contribution >= 4 is 23.0 Å². The summed E-state index contributed by atoms with van der Waals surface area (Å²) in [4.78, 5) is 14.8. The van der Waals surface area contributed by atoms with Crippen molar-refractivity contribution in [2.24, 2.45) is 0 Å². The first-order chi connectivity index (χ1) is 10.6. The van der Waals surface area contributed by atoms with Crippen LogP contribution in [0, 0.1) is 6.92 Å². The molecule has 0 unspecified atom stereocenters. The Hall–Kier alpha value is -2.49. The molecule has 1 amide bonds. The molecule has 22 heavy (non-hydrogen) atoms. The van der Waals surface area contributed by atoms with Crippen molar-refractivity contribution in [1.82, 2.24) is 0 Å². The molecule has 1 saturated heterocycles. The fourth-order valence-electron chi connectivity index (χ4n) is 2.84. The van der Waals surface area contributed by atoms with Gasteiger partial charge in [0, 0.05) is 35.7 Å². The van der Waals surface area contributed by atoms with Crippen molar-refractivity contribution in [3.05, 3.63) is 53.6 Å². The minimum absolute atomic E-state index is 0.122. The van der Waals surface area contributed by atoms with E-state index in [1.54, 1.807) is 12.1 Å².